The van der Waals surface area contributed by atoms with Gasteiger partial charge in [0.25, 0.3) is 5.91 Å². The molecule has 0 atom stereocenters. The van der Waals surface area contributed by atoms with Crippen LogP contribution in [0.3, 0.4) is 0 Å². The van der Waals surface area contributed by atoms with Crippen molar-refractivity contribution in [1.82, 2.24) is 4.90 Å². The molecule has 100 valence electrons. The molecular weight excluding hydrogens is 250 g/mol. The van der Waals surface area contributed by atoms with E-state index < -0.39 is 0 Å². The van der Waals surface area contributed by atoms with Gasteiger partial charge in [0.2, 0.25) is 0 Å². The lowest BCUT2D eigenvalue weighted by molar-refractivity contribution is 0.0718. The average molecular weight is 270 g/mol. The Balaban J connectivity index is 2.87. The molecule has 0 spiro atoms. The van der Waals surface area contributed by atoms with E-state index in [9.17, 15) is 4.79 Å². The van der Waals surface area contributed by atoms with Crippen LogP contribution in [0.25, 0.3) is 0 Å². The summed E-state index contributed by atoms with van der Waals surface area (Å²) in [5.41, 5.74) is 1.52. The molecule has 0 aliphatic carbocycles. The minimum absolute atomic E-state index is 0.0118. The Morgan fingerprint density at radius 1 is 1.39 bits per heavy atom. The number of hydrogen-bond donors (Lipinski definition) is 1. The van der Waals surface area contributed by atoms with E-state index >= 15 is 0 Å². The Labute approximate surface area is 113 Å². The number of aryl methyl sites for hydroxylation is 1. The van der Waals surface area contributed by atoms with Gasteiger partial charge in [0.15, 0.2) is 0 Å². The highest BCUT2D eigenvalue weighted by atomic mass is 35.5. The molecule has 0 radical (unpaired) electrons. The van der Waals surface area contributed by atoms with Gasteiger partial charge in [-0.25, -0.2) is 0 Å². The van der Waals surface area contributed by atoms with Gasteiger partial charge in [0.05, 0.1) is 6.61 Å². The third-order valence-electron chi connectivity index (χ3n) is 2.86. The average Bonchev–Trinajstić information content (AvgIpc) is 2.33. The van der Waals surface area contributed by atoms with Crippen LogP contribution in [0.15, 0.2) is 18.2 Å². The van der Waals surface area contributed by atoms with Crippen LogP contribution in [0.5, 0.6) is 0 Å². The summed E-state index contributed by atoms with van der Waals surface area (Å²) in [6.45, 7) is 4.99. The molecule has 1 amide bonds. The zero-order valence-electron chi connectivity index (χ0n) is 10.9. The van der Waals surface area contributed by atoms with Crippen molar-refractivity contribution >= 4 is 17.5 Å². The first-order valence-corrected chi connectivity index (χ1v) is 6.64. The van der Waals surface area contributed by atoms with Crippen LogP contribution in [0.2, 0.25) is 5.02 Å². The highest BCUT2D eigenvalue weighted by Gasteiger charge is 2.16. The Bertz CT molecular complexity index is 407. The number of aliphatic hydroxyl groups excluding tert-OH is 1. The fourth-order valence-electron chi connectivity index (χ4n) is 1.82. The van der Waals surface area contributed by atoms with Crippen molar-refractivity contribution in [1.29, 1.82) is 0 Å². The molecule has 1 N–H and O–H groups in total. The second kappa shape index (κ2) is 7.39. The highest BCUT2D eigenvalue weighted by Crippen LogP contribution is 2.17. The molecule has 0 saturated carbocycles. The van der Waals surface area contributed by atoms with Crippen LogP contribution < -0.4 is 0 Å². The summed E-state index contributed by atoms with van der Waals surface area (Å²) in [7, 11) is 0. The molecule has 1 aromatic rings. The lowest BCUT2D eigenvalue weighted by atomic mass is 10.1. The molecule has 0 unspecified atom stereocenters. The van der Waals surface area contributed by atoms with Gasteiger partial charge in [-0.3, -0.25) is 4.79 Å². The zero-order chi connectivity index (χ0) is 13.5. The molecule has 0 aromatic heterocycles. The van der Waals surface area contributed by atoms with Crippen molar-refractivity contribution in [3.63, 3.8) is 0 Å². The van der Waals surface area contributed by atoms with Crippen LogP contribution in [0.4, 0.5) is 0 Å². The summed E-state index contributed by atoms with van der Waals surface area (Å²) in [6.07, 6.45) is 1.97. The van der Waals surface area contributed by atoms with Crippen LogP contribution in [-0.2, 0) is 0 Å². The number of carbonyl (C=O) groups is 1. The van der Waals surface area contributed by atoms with Crippen LogP contribution in [0, 0.1) is 6.92 Å². The first kappa shape index (κ1) is 15.0. The van der Waals surface area contributed by atoms with Gasteiger partial charge in [0.1, 0.15) is 0 Å². The summed E-state index contributed by atoms with van der Waals surface area (Å²) in [5.74, 6) is -0.0355. The van der Waals surface area contributed by atoms with E-state index in [2.05, 4.69) is 6.92 Å². The summed E-state index contributed by atoms with van der Waals surface area (Å²) < 4.78 is 0. The molecule has 0 heterocycles. The molecule has 0 aliphatic heterocycles. The quantitative estimate of drug-likeness (QED) is 0.863. The smallest absolute Gasteiger partial charge is 0.254 e. The summed E-state index contributed by atoms with van der Waals surface area (Å²) >= 11 is 5.88. The van der Waals surface area contributed by atoms with Gasteiger partial charge in [0, 0.05) is 23.7 Å². The molecule has 0 bridgehead atoms. The molecule has 1 aromatic carbocycles. The highest BCUT2D eigenvalue weighted by molar-refractivity contribution is 6.30. The summed E-state index contributed by atoms with van der Waals surface area (Å²) in [5, 5.41) is 9.66. The number of aliphatic hydroxyl groups is 1. The number of unbranched alkanes of at least 4 members (excludes halogenated alkanes) is 1. The standard InChI is InChI=1S/C14H20ClNO2/c1-3-4-7-16(8-9-17)14(18)13-6-5-12(15)10-11(13)2/h5-6,10,17H,3-4,7-9H2,1-2H3. The molecule has 4 heteroatoms. The van der Waals surface area contributed by atoms with Crippen molar-refractivity contribution < 1.29 is 9.90 Å². The number of carbonyl (C=O) groups excluding carboxylic acids is 1. The van der Waals surface area contributed by atoms with Crippen molar-refractivity contribution in [2.45, 2.75) is 26.7 Å². The van der Waals surface area contributed by atoms with E-state index in [-0.39, 0.29) is 12.5 Å². The van der Waals surface area contributed by atoms with Gasteiger partial charge < -0.3 is 10.0 Å². The van der Waals surface area contributed by atoms with Crippen LogP contribution >= 0.6 is 11.6 Å². The third kappa shape index (κ3) is 4.00. The van der Waals surface area contributed by atoms with E-state index in [0.717, 1.165) is 18.4 Å². The number of halogens is 1. The monoisotopic (exact) mass is 269 g/mol. The molecule has 0 saturated heterocycles. The molecule has 0 fully saturated rings. The maximum Gasteiger partial charge on any atom is 0.254 e. The van der Waals surface area contributed by atoms with E-state index in [1.165, 1.54) is 0 Å². The Morgan fingerprint density at radius 2 is 2.11 bits per heavy atom. The number of nitrogens with zero attached hydrogens (tertiary/aromatic N) is 1. The van der Waals surface area contributed by atoms with Gasteiger partial charge in [-0.1, -0.05) is 24.9 Å². The topological polar surface area (TPSA) is 40.5 Å². The van der Waals surface area contributed by atoms with E-state index in [4.69, 9.17) is 16.7 Å². The van der Waals surface area contributed by atoms with Crippen molar-refractivity contribution in [2.75, 3.05) is 19.7 Å². The Kier molecular flexibility index (Phi) is 6.16. The predicted molar refractivity (Wildman–Crippen MR) is 74.1 cm³/mol. The first-order chi connectivity index (χ1) is 8.60. The number of hydrogen-bond acceptors (Lipinski definition) is 2. The fourth-order valence-corrected chi connectivity index (χ4v) is 2.05. The van der Waals surface area contributed by atoms with E-state index in [1.807, 2.05) is 6.92 Å². The van der Waals surface area contributed by atoms with Crippen molar-refractivity contribution in [3.8, 4) is 0 Å². The zero-order valence-corrected chi connectivity index (χ0v) is 11.7. The van der Waals surface area contributed by atoms with E-state index in [1.54, 1.807) is 23.1 Å². The molecule has 0 aliphatic rings. The van der Waals surface area contributed by atoms with Crippen molar-refractivity contribution in [2.24, 2.45) is 0 Å². The lowest BCUT2D eigenvalue weighted by Gasteiger charge is -2.22. The Hall–Kier alpha value is -1.06. The second-order valence-corrected chi connectivity index (χ2v) is 4.77. The number of benzene rings is 1. The third-order valence-corrected chi connectivity index (χ3v) is 3.09. The first-order valence-electron chi connectivity index (χ1n) is 6.26. The maximum atomic E-state index is 12.3. The molecular formula is C14H20ClNO2. The van der Waals surface area contributed by atoms with Crippen LogP contribution in [0.1, 0.15) is 35.7 Å². The fraction of sp³-hybridized carbons (Fsp3) is 0.500. The number of rotatable bonds is 6. The minimum Gasteiger partial charge on any atom is -0.395 e. The molecule has 1 rings (SSSR count). The number of amides is 1. The minimum atomic E-state index is -0.0355. The van der Waals surface area contributed by atoms with Gasteiger partial charge >= 0.3 is 0 Å². The normalized spacial score (nSPS) is 10.4. The largest absolute Gasteiger partial charge is 0.395 e. The SMILES string of the molecule is CCCCN(CCO)C(=O)c1ccc(Cl)cc1C. The van der Waals surface area contributed by atoms with Gasteiger partial charge in [-0.2, -0.15) is 0 Å². The van der Waals surface area contributed by atoms with E-state index in [0.29, 0.717) is 23.7 Å². The van der Waals surface area contributed by atoms with Crippen molar-refractivity contribution in [3.05, 3.63) is 34.3 Å². The second-order valence-electron chi connectivity index (χ2n) is 4.33. The molecule has 3 nitrogen and oxygen atoms in total. The Morgan fingerprint density at radius 3 is 2.67 bits per heavy atom. The lowest BCUT2D eigenvalue weighted by Crippen LogP contribution is -2.34. The summed E-state index contributed by atoms with van der Waals surface area (Å²) in [6, 6.07) is 5.25. The van der Waals surface area contributed by atoms with Gasteiger partial charge in [-0.05, 0) is 37.1 Å². The van der Waals surface area contributed by atoms with Crippen LogP contribution in [-0.4, -0.2) is 35.6 Å². The maximum absolute atomic E-state index is 12.3. The van der Waals surface area contributed by atoms with Gasteiger partial charge in [-0.15, -0.1) is 0 Å². The predicted octanol–water partition coefficient (Wildman–Crippen LogP) is 2.88. The summed E-state index contributed by atoms with van der Waals surface area (Å²) in [4.78, 5) is 14.0. The molecule has 18 heavy (non-hydrogen) atoms.